The second-order valence-electron chi connectivity index (χ2n) is 5.52. The SMILES string of the molecule is O=C(Cc1c[nH]c2ccc(F)cc12)NCCc1ccc(Cl)cc1Cl. The van der Waals surface area contributed by atoms with Crippen LogP contribution in [0.3, 0.4) is 0 Å². The molecule has 0 fully saturated rings. The Hall–Kier alpha value is -2.04. The first kappa shape index (κ1) is 16.8. The second kappa shape index (κ2) is 7.24. The van der Waals surface area contributed by atoms with Gasteiger partial charge in [0.1, 0.15) is 5.82 Å². The fourth-order valence-electron chi connectivity index (χ4n) is 2.59. The number of H-pyrrole nitrogens is 1. The summed E-state index contributed by atoms with van der Waals surface area (Å²) in [5.74, 6) is -0.439. The largest absolute Gasteiger partial charge is 0.361 e. The first-order valence-corrected chi connectivity index (χ1v) is 8.24. The second-order valence-corrected chi connectivity index (χ2v) is 6.36. The molecule has 1 heterocycles. The molecule has 0 bridgehead atoms. The lowest BCUT2D eigenvalue weighted by atomic mass is 10.1. The Bertz CT molecular complexity index is 892. The zero-order valence-corrected chi connectivity index (χ0v) is 14.2. The highest BCUT2D eigenvalue weighted by molar-refractivity contribution is 6.35. The number of aromatic amines is 1. The lowest BCUT2D eigenvalue weighted by Gasteiger charge is -2.07. The van der Waals surface area contributed by atoms with Crippen molar-refractivity contribution in [1.82, 2.24) is 10.3 Å². The Labute approximate surface area is 148 Å². The van der Waals surface area contributed by atoms with Crippen LogP contribution in [0.2, 0.25) is 10.0 Å². The van der Waals surface area contributed by atoms with Gasteiger partial charge >= 0.3 is 0 Å². The van der Waals surface area contributed by atoms with Gasteiger partial charge < -0.3 is 10.3 Å². The van der Waals surface area contributed by atoms with E-state index in [0.29, 0.717) is 23.0 Å². The molecule has 124 valence electrons. The van der Waals surface area contributed by atoms with Crippen molar-refractivity contribution in [3.63, 3.8) is 0 Å². The number of benzene rings is 2. The summed E-state index contributed by atoms with van der Waals surface area (Å²) in [6.07, 6.45) is 2.54. The van der Waals surface area contributed by atoms with Gasteiger partial charge in [0.2, 0.25) is 5.91 Å². The van der Waals surface area contributed by atoms with Crippen molar-refractivity contribution in [3.05, 3.63) is 69.6 Å². The maximum Gasteiger partial charge on any atom is 0.224 e. The van der Waals surface area contributed by atoms with E-state index in [0.717, 1.165) is 22.0 Å². The standard InChI is InChI=1S/C18H15Cl2FN2O/c19-13-2-1-11(16(20)8-13)5-6-22-18(24)7-12-10-23-17-4-3-14(21)9-15(12)17/h1-4,8-10,23H,5-7H2,(H,22,24). The van der Waals surface area contributed by atoms with Gasteiger partial charge in [-0.2, -0.15) is 0 Å². The van der Waals surface area contributed by atoms with E-state index in [9.17, 15) is 9.18 Å². The molecule has 1 amide bonds. The van der Waals surface area contributed by atoms with E-state index in [4.69, 9.17) is 23.2 Å². The summed E-state index contributed by atoms with van der Waals surface area (Å²) in [6.45, 7) is 0.469. The molecule has 3 aromatic rings. The van der Waals surface area contributed by atoms with Gasteiger partial charge in [-0.15, -0.1) is 0 Å². The van der Waals surface area contributed by atoms with Gasteiger partial charge in [-0.1, -0.05) is 29.3 Å². The summed E-state index contributed by atoms with van der Waals surface area (Å²) in [4.78, 5) is 15.1. The van der Waals surface area contributed by atoms with Crippen molar-refractivity contribution in [2.75, 3.05) is 6.54 Å². The molecule has 0 aliphatic rings. The third kappa shape index (κ3) is 3.89. The van der Waals surface area contributed by atoms with Crippen LogP contribution in [0.5, 0.6) is 0 Å². The van der Waals surface area contributed by atoms with Gasteiger partial charge in [0.15, 0.2) is 0 Å². The topological polar surface area (TPSA) is 44.9 Å². The highest BCUT2D eigenvalue weighted by Gasteiger charge is 2.10. The van der Waals surface area contributed by atoms with Gasteiger partial charge in [-0.3, -0.25) is 4.79 Å². The molecule has 0 radical (unpaired) electrons. The molecule has 24 heavy (non-hydrogen) atoms. The van der Waals surface area contributed by atoms with Crippen LogP contribution in [0.1, 0.15) is 11.1 Å². The molecular weight excluding hydrogens is 350 g/mol. The fourth-order valence-corrected chi connectivity index (χ4v) is 3.10. The Kier molecular flexibility index (Phi) is 5.07. The lowest BCUT2D eigenvalue weighted by molar-refractivity contribution is -0.120. The minimum atomic E-state index is -0.318. The molecule has 0 saturated carbocycles. The van der Waals surface area contributed by atoms with Gasteiger partial charge in [0, 0.05) is 33.7 Å². The van der Waals surface area contributed by atoms with E-state index in [1.165, 1.54) is 12.1 Å². The zero-order valence-electron chi connectivity index (χ0n) is 12.7. The maximum atomic E-state index is 13.4. The van der Waals surface area contributed by atoms with Crippen LogP contribution < -0.4 is 5.32 Å². The number of halogens is 3. The lowest BCUT2D eigenvalue weighted by Crippen LogP contribution is -2.27. The van der Waals surface area contributed by atoms with Crippen LogP contribution in [-0.2, 0) is 17.6 Å². The molecule has 3 rings (SSSR count). The van der Waals surface area contributed by atoms with Crippen molar-refractivity contribution < 1.29 is 9.18 Å². The molecule has 2 N–H and O–H groups in total. The fraction of sp³-hybridized carbons (Fsp3) is 0.167. The minimum Gasteiger partial charge on any atom is -0.361 e. The van der Waals surface area contributed by atoms with Gasteiger partial charge in [-0.25, -0.2) is 4.39 Å². The highest BCUT2D eigenvalue weighted by atomic mass is 35.5. The first-order chi connectivity index (χ1) is 11.5. The smallest absolute Gasteiger partial charge is 0.224 e. The summed E-state index contributed by atoms with van der Waals surface area (Å²) < 4.78 is 13.4. The van der Waals surface area contributed by atoms with Crippen LogP contribution in [0, 0.1) is 5.82 Å². The number of carbonyl (C=O) groups excluding carboxylic acids is 1. The average molecular weight is 365 g/mol. The van der Waals surface area contributed by atoms with E-state index >= 15 is 0 Å². The van der Waals surface area contributed by atoms with Gasteiger partial charge in [0.05, 0.1) is 6.42 Å². The number of hydrogen-bond donors (Lipinski definition) is 2. The quantitative estimate of drug-likeness (QED) is 0.686. The van der Waals surface area contributed by atoms with Crippen molar-refractivity contribution in [3.8, 4) is 0 Å². The number of aromatic nitrogens is 1. The van der Waals surface area contributed by atoms with Crippen LogP contribution in [0.25, 0.3) is 10.9 Å². The van der Waals surface area contributed by atoms with Crippen molar-refractivity contribution >= 4 is 40.0 Å². The number of amides is 1. The Morgan fingerprint density at radius 1 is 1.12 bits per heavy atom. The molecule has 6 heteroatoms. The average Bonchev–Trinajstić information content (AvgIpc) is 2.92. The van der Waals surface area contributed by atoms with Crippen LogP contribution in [0.4, 0.5) is 4.39 Å². The van der Waals surface area contributed by atoms with Crippen molar-refractivity contribution in [2.24, 2.45) is 0 Å². The monoisotopic (exact) mass is 364 g/mol. The summed E-state index contributed by atoms with van der Waals surface area (Å²) in [5, 5.41) is 4.75. The number of fused-ring (bicyclic) bond motifs is 1. The Balaban J connectivity index is 1.58. The van der Waals surface area contributed by atoms with Gasteiger partial charge in [-0.05, 0) is 47.9 Å². The molecule has 0 atom stereocenters. The van der Waals surface area contributed by atoms with E-state index in [2.05, 4.69) is 10.3 Å². The molecule has 0 unspecified atom stereocenters. The third-order valence-corrected chi connectivity index (χ3v) is 4.40. The molecule has 0 saturated heterocycles. The van der Waals surface area contributed by atoms with Gasteiger partial charge in [0.25, 0.3) is 0 Å². The van der Waals surface area contributed by atoms with E-state index in [1.54, 1.807) is 24.4 Å². The minimum absolute atomic E-state index is 0.120. The third-order valence-electron chi connectivity index (χ3n) is 3.81. The number of hydrogen-bond acceptors (Lipinski definition) is 1. The van der Waals surface area contributed by atoms with Crippen LogP contribution in [-0.4, -0.2) is 17.4 Å². The number of nitrogens with one attached hydrogen (secondary N) is 2. The number of rotatable bonds is 5. The predicted octanol–water partition coefficient (Wildman–Crippen LogP) is 4.52. The highest BCUT2D eigenvalue weighted by Crippen LogP contribution is 2.21. The summed E-state index contributed by atoms with van der Waals surface area (Å²) in [7, 11) is 0. The molecule has 1 aromatic heterocycles. The summed E-state index contributed by atoms with van der Waals surface area (Å²) in [5.41, 5.74) is 2.51. The van der Waals surface area contributed by atoms with Crippen molar-refractivity contribution in [2.45, 2.75) is 12.8 Å². The molecular formula is C18H15Cl2FN2O. The first-order valence-electron chi connectivity index (χ1n) is 7.49. The molecule has 2 aromatic carbocycles. The van der Waals surface area contributed by atoms with Crippen LogP contribution in [0.15, 0.2) is 42.6 Å². The zero-order chi connectivity index (χ0) is 17.1. The number of carbonyl (C=O) groups is 1. The summed E-state index contributed by atoms with van der Waals surface area (Å²) in [6, 6.07) is 9.78. The van der Waals surface area contributed by atoms with E-state index in [1.807, 2.05) is 6.07 Å². The Morgan fingerprint density at radius 3 is 2.75 bits per heavy atom. The normalized spacial score (nSPS) is 11.0. The van der Waals surface area contributed by atoms with E-state index < -0.39 is 0 Å². The Morgan fingerprint density at radius 2 is 1.96 bits per heavy atom. The molecule has 0 aliphatic carbocycles. The predicted molar refractivity (Wildman–Crippen MR) is 95.1 cm³/mol. The molecule has 3 nitrogen and oxygen atoms in total. The molecule has 0 aliphatic heterocycles. The van der Waals surface area contributed by atoms with Crippen molar-refractivity contribution in [1.29, 1.82) is 0 Å². The maximum absolute atomic E-state index is 13.4. The van der Waals surface area contributed by atoms with E-state index in [-0.39, 0.29) is 18.1 Å². The molecule has 0 spiro atoms. The summed E-state index contributed by atoms with van der Waals surface area (Å²) >= 11 is 12.0. The van der Waals surface area contributed by atoms with Crippen LogP contribution >= 0.6 is 23.2 Å².